The van der Waals surface area contributed by atoms with Gasteiger partial charge in [0.25, 0.3) is 0 Å². The van der Waals surface area contributed by atoms with Crippen LogP contribution in [0.4, 0.5) is 0 Å². The molecular weight excluding hydrogens is 163 g/mol. The van der Waals surface area contributed by atoms with Gasteiger partial charge in [-0.3, -0.25) is 0 Å². The molecule has 8 heavy (non-hydrogen) atoms. The molecular formula is C2H4ClNaO3S. The Kier molecular flexibility index (Phi) is 6.09. The van der Waals surface area contributed by atoms with Gasteiger partial charge in [-0.15, -0.1) is 11.6 Å². The molecule has 0 aromatic heterocycles. The van der Waals surface area contributed by atoms with Crippen LogP contribution in [0, 0.1) is 0 Å². The topological polar surface area (TPSA) is 57.2 Å². The van der Waals surface area contributed by atoms with Gasteiger partial charge in [0.2, 0.25) is 0 Å². The van der Waals surface area contributed by atoms with Crippen LogP contribution in [0.2, 0.25) is 0 Å². The normalized spacial score (nSPS) is 14.4. The summed E-state index contributed by atoms with van der Waals surface area (Å²) in [6.45, 7) is 1.11. The van der Waals surface area contributed by atoms with E-state index in [-0.39, 0.29) is 29.6 Å². The average Bonchev–Trinajstić information content (AvgIpc) is 1.31. The summed E-state index contributed by atoms with van der Waals surface area (Å²) in [5.41, 5.74) is 0. The van der Waals surface area contributed by atoms with E-state index in [1.54, 1.807) is 0 Å². The van der Waals surface area contributed by atoms with Crippen LogP contribution in [0.3, 0.4) is 0 Å². The standard InChI is InChI=1S/C2H5ClO3S.Na/c1-2(3)7(4,5)6;/h2H,1H3,(H,4,5,6);/q;+1/p-1. The van der Waals surface area contributed by atoms with Crippen molar-refractivity contribution in [1.29, 1.82) is 0 Å². The minimum Gasteiger partial charge on any atom is -0.747 e. The molecule has 0 radical (unpaired) electrons. The summed E-state index contributed by atoms with van der Waals surface area (Å²) in [4.78, 5) is 0. The summed E-state index contributed by atoms with van der Waals surface area (Å²) in [6, 6.07) is 0. The third kappa shape index (κ3) is 5.34. The number of hydrogen-bond donors (Lipinski definition) is 0. The summed E-state index contributed by atoms with van der Waals surface area (Å²) < 4.78 is 27.6. The van der Waals surface area contributed by atoms with Crippen molar-refractivity contribution in [1.82, 2.24) is 0 Å². The molecule has 0 saturated heterocycles. The van der Waals surface area contributed by atoms with Gasteiger partial charge in [-0.25, -0.2) is 8.42 Å². The van der Waals surface area contributed by atoms with E-state index < -0.39 is 14.8 Å². The molecule has 0 aromatic rings. The minimum absolute atomic E-state index is 0. The molecule has 1 atom stereocenters. The van der Waals surface area contributed by atoms with Crippen LogP contribution >= 0.6 is 11.6 Å². The van der Waals surface area contributed by atoms with E-state index >= 15 is 0 Å². The maximum absolute atomic E-state index is 9.64. The van der Waals surface area contributed by atoms with Gasteiger partial charge in [-0.1, -0.05) is 0 Å². The molecule has 0 fully saturated rings. The van der Waals surface area contributed by atoms with Crippen LogP contribution in [0.15, 0.2) is 0 Å². The van der Waals surface area contributed by atoms with Gasteiger partial charge in [-0.2, -0.15) is 0 Å². The molecule has 1 unspecified atom stereocenters. The predicted octanol–water partition coefficient (Wildman–Crippen LogP) is -2.88. The molecule has 0 aromatic carbocycles. The first kappa shape index (κ1) is 11.9. The quantitative estimate of drug-likeness (QED) is 0.239. The smallest absolute Gasteiger partial charge is 0.747 e. The zero-order valence-electron chi connectivity index (χ0n) is 4.59. The van der Waals surface area contributed by atoms with Gasteiger partial charge in [0, 0.05) is 0 Å². The average molecular weight is 167 g/mol. The Morgan fingerprint density at radius 3 is 1.75 bits per heavy atom. The fourth-order valence-electron chi connectivity index (χ4n) is 0. The van der Waals surface area contributed by atoms with Crippen LogP contribution in [0.5, 0.6) is 0 Å². The van der Waals surface area contributed by atoms with Gasteiger partial charge in [0.15, 0.2) is 0 Å². The minimum atomic E-state index is -4.23. The van der Waals surface area contributed by atoms with Crippen molar-refractivity contribution in [3.63, 3.8) is 0 Å². The number of halogens is 1. The molecule has 0 aliphatic rings. The first-order valence-electron chi connectivity index (χ1n) is 1.53. The molecule has 0 rings (SSSR count). The van der Waals surface area contributed by atoms with Crippen molar-refractivity contribution in [2.75, 3.05) is 0 Å². The molecule has 0 bridgehead atoms. The summed E-state index contributed by atoms with van der Waals surface area (Å²) >= 11 is 4.85. The van der Waals surface area contributed by atoms with E-state index in [0.29, 0.717) is 0 Å². The molecule has 6 heteroatoms. The fourth-order valence-corrected chi connectivity index (χ4v) is 0. The van der Waals surface area contributed by atoms with Crippen molar-refractivity contribution in [2.24, 2.45) is 0 Å². The molecule has 44 valence electrons. The first-order valence-corrected chi connectivity index (χ1v) is 3.44. The van der Waals surface area contributed by atoms with E-state index in [0.717, 1.165) is 6.92 Å². The van der Waals surface area contributed by atoms with Gasteiger partial charge in [0.05, 0.1) is 0 Å². The Bertz CT molecular complexity index is 139. The second-order valence-corrected chi connectivity index (χ2v) is 3.64. The van der Waals surface area contributed by atoms with E-state index in [2.05, 4.69) is 0 Å². The van der Waals surface area contributed by atoms with Gasteiger partial charge < -0.3 is 4.55 Å². The maximum atomic E-state index is 9.64. The Labute approximate surface area is 75.4 Å². The molecule has 0 saturated carbocycles. The van der Waals surface area contributed by atoms with Crippen molar-refractivity contribution in [2.45, 2.75) is 11.6 Å². The van der Waals surface area contributed by atoms with Crippen molar-refractivity contribution < 1.29 is 42.5 Å². The van der Waals surface area contributed by atoms with Crippen LogP contribution < -0.4 is 29.6 Å². The number of hydrogen-bond acceptors (Lipinski definition) is 3. The zero-order chi connectivity index (χ0) is 6.08. The third-order valence-corrected chi connectivity index (χ3v) is 1.85. The predicted molar refractivity (Wildman–Crippen MR) is 25.0 cm³/mol. The van der Waals surface area contributed by atoms with E-state index in [1.807, 2.05) is 0 Å². The molecule has 0 amide bonds. The Hall–Kier alpha value is 1.20. The Balaban J connectivity index is 0. The monoisotopic (exact) mass is 166 g/mol. The Morgan fingerprint density at radius 1 is 1.62 bits per heavy atom. The summed E-state index contributed by atoms with van der Waals surface area (Å²) in [5, 5.41) is 0. The SMILES string of the molecule is CC(Cl)S(=O)(=O)[O-].[Na+]. The van der Waals surface area contributed by atoms with Gasteiger partial charge in [-0.05, 0) is 6.92 Å². The van der Waals surface area contributed by atoms with Gasteiger partial charge >= 0.3 is 29.6 Å². The third-order valence-electron chi connectivity index (χ3n) is 0.398. The number of rotatable bonds is 1. The van der Waals surface area contributed by atoms with E-state index in [1.165, 1.54) is 0 Å². The van der Waals surface area contributed by atoms with Crippen molar-refractivity contribution >= 4 is 21.7 Å². The second kappa shape index (κ2) is 4.09. The molecule has 0 aliphatic heterocycles. The van der Waals surface area contributed by atoms with Crippen LogP contribution in [0.1, 0.15) is 6.92 Å². The van der Waals surface area contributed by atoms with Crippen molar-refractivity contribution in [3.05, 3.63) is 0 Å². The molecule has 0 aliphatic carbocycles. The molecule has 0 heterocycles. The fraction of sp³-hybridized carbons (Fsp3) is 1.00. The largest absolute Gasteiger partial charge is 1.00 e. The summed E-state index contributed by atoms with van der Waals surface area (Å²) in [6.07, 6.45) is 0. The van der Waals surface area contributed by atoms with Gasteiger partial charge in [0.1, 0.15) is 14.8 Å². The van der Waals surface area contributed by atoms with Crippen molar-refractivity contribution in [3.8, 4) is 0 Å². The maximum Gasteiger partial charge on any atom is 1.00 e. The summed E-state index contributed by atoms with van der Waals surface area (Å²) in [5.74, 6) is 0. The zero-order valence-corrected chi connectivity index (χ0v) is 8.16. The summed E-state index contributed by atoms with van der Waals surface area (Å²) in [7, 11) is -4.23. The van der Waals surface area contributed by atoms with Crippen LogP contribution in [-0.2, 0) is 10.1 Å². The number of alkyl halides is 1. The van der Waals surface area contributed by atoms with Crippen LogP contribution in [-0.4, -0.2) is 17.7 Å². The van der Waals surface area contributed by atoms with E-state index in [4.69, 9.17) is 11.6 Å². The first-order chi connectivity index (χ1) is 2.94. The second-order valence-electron chi connectivity index (χ2n) is 1.04. The molecule has 0 spiro atoms. The molecule has 3 nitrogen and oxygen atoms in total. The Morgan fingerprint density at radius 2 is 1.75 bits per heavy atom. The molecule has 0 N–H and O–H groups in total. The van der Waals surface area contributed by atoms with E-state index in [9.17, 15) is 13.0 Å². The van der Waals surface area contributed by atoms with Crippen LogP contribution in [0.25, 0.3) is 0 Å².